The third-order valence-electron chi connectivity index (χ3n) is 4.39. The Kier molecular flexibility index (Phi) is 1.54. The molecule has 0 aromatic heterocycles. The Hall–Kier alpha value is 0.740. The van der Waals surface area contributed by atoms with Gasteiger partial charge in [-0.3, -0.25) is 0 Å². The predicted octanol–water partition coefficient (Wildman–Crippen LogP) is 2.78. The Balaban J connectivity index is 1.90. The summed E-state index contributed by atoms with van der Waals surface area (Å²) in [5, 5.41) is 0. The molecule has 3 aliphatic rings. The molecule has 0 spiro atoms. The molecular formula is C10H15Nb. The van der Waals surface area contributed by atoms with Crippen LogP contribution in [-0.4, -0.2) is 0 Å². The summed E-state index contributed by atoms with van der Waals surface area (Å²) in [6.45, 7) is 0. The van der Waals surface area contributed by atoms with Crippen molar-refractivity contribution in [3.05, 3.63) is 0 Å². The van der Waals surface area contributed by atoms with Crippen molar-refractivity contribution in [1.82, 2.24) is 0 Å². The second-order valence-electron chi connectivity index (χ2n) is 4.72. The zero-order valence-electron chi connectivity index (χ0n) is 6.87. The van der Waals surface area contributed by atoms with Crippen molar-refractivity contribution in [2.24, 2.45) is 23.7 Å². The van der Waals surface area contributed by atoms with Crippen LogP contribution in [0, 0.1) is 23.7 Å². The molecule has 0 aliphatic heterocycles. The quantitative estimate of drug-likeness (QED) is 0.559. The van der Waals surface area contributed by atoms with Crippen LogP contribution in [0.2, 0.25) is 4.14 Å². The Morgan fingerprint density at radius 2 is 1.73 bits per heavy atom. The normalized spacial score (nSPS) is 60.2. The summed E-state index contributed by atoms with van der Waals surface area (Å²) in [6, 6.07) is 0. The maximum absolute atomic E-state index is 2.13. The summed E-state index contributed by atoms with van der Waals surface area (Å²) < 4.78 is 1.13. The van der Waals surface area contributed by atoms with E-state index in [0.717, 1.165) is 4.14 Å². The molecule has 0 radical (unpaired) electrons. The van der Waals surface area contributed by atoms with E-state index in [0.29, 0.717) is 0 Å². The van der Waals surface area contributed by atoms with E-state index >= 15 is 0 Å². The van der Waals surface area contributed by atoms with Crippen molar-refractivity contribution in [2.75, 3.05) is 0 Å². The standard InChI is InChI=1S/C10H15.Nb/c1-2-9-7-4-5-8(6-7)10(9)3-1;/h4,7-10H,1-3,5-6H2;. The molecular weight excluding hydrogens is 213 g/mol. The molecule has 0 heterocycles. The van der Waals surface area contributed by atoms with Gasteiger partial charge in [-0.25, -0.2) is 0 Å². The summed E-state index contributed by atoms with van der Waals surface area (Å²) in [7, 11) is 0. The number of hydrogen-bond acceptors (Lipinski definition) is 0. The van der Waals surface area contributed by atoms with E-state index in [1.807, 2.05) is 0 Å². The third-order valence-corrected chi connectivity index (χ3v) is 5.85. The molecule has 0 nitrogen and oxygen atoms in total. The van der Waals surface area contributed by atoms with Gasteiger partial charge >= 0.3 is 81.0 Å². The van der Waals surface area contributed by atoms with Crippen molar-refractivity contribution < 1.29 is 21.1 Å². The zero-order valence-corrected chi connectivity index (χ0v) is 9.07. The van der Waals surface area contributed by atoms with Gasteiger partial charge in [-0.2, -0.15) is 0 Å². The fourth-order valence-corrected chi connectivity index (χ4v) is 5.54. The van der Waals surface area contributed by atoms with Crippen LogP contribution in [0.3, 0.4) is 0 Å². The average molecular weight is 228 g/mol. The summed E-state index contributed by atoms with van der Waals surface area (Å²) in [6.07, 6.45) is 7.95. The van der Waals surface area contributed by atoms with Gasteiger partial charge in [-0.05, 0) is 0 Å². The zero-order chi connectivity index (χ0) is 7.42. The van der Waals surface area contributed by atoms with Crippen molar-refractivity contribution in [2.45, 2.75) is 36.2 Å². The minimum absolute atomic E-state index is 1.13. The number of rotatable bonds is 0. The van der Waals surface area contributed by atoms with Crippen molar-refractivity contribution in [3.8, 4) is 0 Å². The SMILES string of the molecule is [Nb][CH]1CC2CC1C1CCCC21. The molecule has 3 fully saturated rings. The maximum atomic E-state index is 2.13. The molecule has 0 N–H and O–H groups in total. The third kappa shape index (κ3) is 0.868. The van der Waals surface area contributed by atoms with E-state index in [1.165, 1.54) is 23.7 Å². The Morgan fingerprint density at radius 3 is 2.64 bits per heavy atom. The van der Waals surface area contributed by atoms with Gasteiger partial charge in [0.15, 0.2) is 0 Å². The molecule has 1 heteroatoms. The number of hydrogen-bond donors (Lipinski definition) is 0. The van der Waals surface area contributed by atoms with Gasteiger partial charge in [0.25, 0.3) is 0 Å². The predicted molar refractivity (Wildman–Crippen MR) is 40.8 cm³/mol. The molecule has 3 saturated carbocycles. The summed E-state index contributed by atoms with van der Waals surface area (Å²) >= 11 is 2.13. The molecule has 3 aliphatic carbocycles. The fourth-order valence-electron chi connectivity index (χ4n) is 4.03. The van der Waals surface area contributed by atoms with Crippen molar-refractivity contribution in [1.29, 1.82) is 0 Å². The van der Waals surface area contributed by atoms with Gasteiger partial charge < -0.3 is 0 Å². The second kappa shape index (κ2) is 2.37. The molecule has 2 bridgehead atoms. The van der Waals surface area contributed by atoms with Gasteiger partial charge in [-0.15, -0.1) is 0 Å². The average Bonchev–Trinajstić information content (AvgIpc) is 2.52. The summed E-state index contributed by atoms with van der Waals surface area (Å²) in [5.74, 6) is 4.76. The summed E-state index contributed by atoms with van der Waals surface area (Å²) in [4.78, 5) is 0. The van der Waals surface area contributed by atoms with E-state index < -0.39 is 0 Å². The van der Waals surface area contributed by atoms with E-state index in [-0.39, 0.29) is 0 Å². The van der Waals surface area contributed by atoms with Crippen molar-refractivity contribution in [3.63, 3.8) is 0 Å². The first kappa shape index (κ1) is 7.17. The van der Waals surface area contributed by atoms with E-state index in [4.69, 9.17) is 0 Å². The second-order valence-corrected chi connectivity index (χ2v) is 6.35. The van der Waals surface area contributed by atoms with Gasteiger partial charge in [-0.1, -0.05) is 0 Å². The molecule has 0 saturated heterocycles. The molecule has 0 aromatic carbocycles. The molecule has 5 unspecified atom stereocenters. The molecule has 5 atom stereocenters. The van der Waals surface area contributed by atoms with Crippen LogP contribution >= 0.6 is 0 Å². The Labute approximate surface area is 81.0 Å². The van der Waals surface area contributed by atoms with Gasteiger partial charge in [0.1, 0.15) is 0 Å². The van der Waals surface area contributed by atoms with Crippen LogP contribution in [-0.2, 0) is 21.1 Å². The summed E-state index contributed by atoms with van der Waals surface area (Å²) in [5.41, 5.74) is 0. The Morgan fingerprint density at radius 1 is 0.909 bits per heavy atom. The minimum atomic E-state index is 1.13. The van der Waals surface area contributed by atoms with Crippen LogP contribution in [0.5, 0.6) is 0 Å². The molecule has 0 amide bonds. The molecule has 3 rings (SSSR count). The van der Waals surface area contributed by atoms with Crippen LogP contribution in [0.4, 0.5) is 0 Å². The number of fused-ring (bicyclic) bond motifs is 5. The van der Waals surface area contributed by atoms with Crippen LogP contribution < -0.4 is 0 Å². The van der Waals surface area contributed by atoms with Crippen LogP contribution in [0.15, 0.2) is 0 Å². The molecule has 11 heavy (non-hydrogen) atoms. The van der Waals surface area contributed by atoms with Gasteiger partial charge in [0.2, 0.25) is 0 Å². The van der Waals surface area contributed by atoms with Gasteiger partial charge in [0, 0.05) is 0 Å². The first-order chi connectivity index (χ1) is 5.36. The Bertz CT molecular complexity index is 178. The first-order valence-corrected chi connectivity index (χ1v) is 6.31. The topological polar surface area (TPSA) is 0 Å². The fraction of sp³-hybridized carbons (Fsp3) is 1.00. The monoisotopic (exact) mass is 228 g/mol. The molecule has 0 aromatic rings. The molecule has 60 valence electrons. The van der Waals surface area contributed by atoms with Gasteiger partial charge in [0.05, 0.1) is 0 Å². The van der Waals surface area contributed by atoms with E-state index in [9.17, 15) is 0 Å². The van der Waals surface area contributed by atoms with Crippen LogP contribution in [0.25, 0.3) is 0 Å². The first-order valence-electron chi connectivity index (χ1n) is 5.04. The van der Waals surface area contributed by atoms with E-state index in [2.05, 4.69) is 21.1 Å². The van der Waals surface area contributed by atoms with Crippen LogP contribution in [0.1, 0.15) is 32.1 Å². The van der Waals surface area contributed by atoms with Crippen molar-refractivity contribution >= 4 is 0 Å². The van der Waals surface area contributed by atoms with E-state index in [1.54, 1.807) is 32.1 Å².